The van der Waals surface area contributed by atoms with Crippen molar-refractivity contribution >= 4 is 40.3 Å². The first-order valence-corrected chi connectivity index (χ1v) is 6.73. The predicted octanol–water partition coefficient (Wildman–Crippen LogP) is 0.971. The van der Waals surface area contributed by atoms with Crippen LogP contribution in [0.5, 0.6) is 0 Å². The molecule has 2 aromatic rings. The molecule has 0 radical (unpaired) electrons. The van der Waals surface area contributed by atoms with Gasteiger partial charge < -0.3 is 20.5 Å². The molecular weight excluding hydrogens is 328 g/mol. The van der Waals surface area contributed by atoms with E-state index in [0.717, 1.165) is 0 Å². The van der Waals surface area contributed by atoms with E-state index in [1.165, 1.54) is 18.2 Å². The smallest absolute Gasteiger partial charge is 0.341 e. The first kappa shape index (κ1) is 16.5. The summed E-state index contributed by atoms with van der Waals surface area (Å²) in [4.78, 5) is 47.0. The van der Waals surface area contributed by atoms with Gasteiger partial charge >= 0.3 is 11.9 Å². The van der Waals surface area contributed by atoms with E-state index in [9.17, 15) is 19.2 Å². The summed E-state index contributed by atoms with van der Waals surface area (Å²) in [7, 11) is 0. The van der Waals surface area contributed by atoms with E-state index < -0.39 is 35.4 Å². The highest BCUT2D eigenvalue weighted by Gasteiger charge is 2.14. The van der Waals surface area contributed by atoms with Crippen molar-refractivity contribution in [2.24, 2.45) is 0 Å². The van der Waals surface area contributed by atoms with Crippen molar-refractivity contribution in [1.29, 1.82) is 0 Å². The van der Waals surface area contributed by atoms with Crippen LogP contribution in [0.1, 0.15) is 22.3 Å². The van der Waals surface area contributed by atoms with Crippen molar-refractivity contribution in [3.05, 3.63) is 44.7 Å². The summed E-state index contributed by atoms with van der Waals surface area (Å²) in [5, 5.41) is 20.5. The molecule has 0 atom stereocenters. The van der Waals surface area contributed by atoms with E-state index in [4.69, 9.17) is 21.8 Å². The molecule has 1 aromatic carbocycles. The third-order valence-electron chi connectivity index (χ3n) is 3.02. The Morgan fingerprint density at radius 3 is 2.48 bits per heavy atom. The van der Waals surface area contributed by atoms with Crippen LogP contribution in [0, 0.1) is 0 Å². The van der Waals surface area contributed by atoms with Gasteiger partial charge in [-0.1, -0.05) is 11.6 Å². The van der Waals surface area contributed by atoms with E-state index in [1.807, 2.05) is 0 Å². The Labute approximate surface area is 133 Å². The topological polar surface area (TPSA) is 137 Å². The fraction of sp³-hybridized carbons (Fsp3) is 0.143. The monoisotopic (exact) mass is 338 g/mol. The second kappa shape index (κ2) is 6.49. The number of aliphatic carboxylic acids is 1. The number of amides is 1. The van der Waals surface area contributed by atoms with Crippen LogP contribution >= 0.6 is 11.6 Å². The number of carbonyl (C=O) groups excluding carboxylic acids is 1. The van der Waals surface area contributed by atoms with Gasteiger partial charge in [0.05, 0.1) is 5.52 Å². The molecule has 0 saturated carbocycles. The Balaban J connectivity index is 2.42. The number of aromatic nitrogens is 1. The fourth-order valence-electron chi connectivity index (χ4n) is 2.05. The van der Waals surface area contributed by atoms with Crippen LogP contribution in [0.4, 0.5) is 0 Å². The standard InChI is InChI=1S/C14H11ClN2O6/c15-8-1-6-3-9(14(22)23)13(21)17-12(6)7(2-8)5-16-10(18)4-11(19)20/h1-3H,4-5H2,(H,16,18)(H,17,21)(H,19,20)(H,22,23). The van der Waals surface area contributed by atoms with Gasteiger partial charge in [-0.25, -0.2) is 4.79 Å². The Kier molecular flexibility index (Phi) is 4.65. The number of aromatic carboxylic acids is 1. The molecule has 0 aliphatic heterocycles. The zero-order valence-corrected chi connectivity index (χ0v) is 12.3. The van der Waals surface area contributed by atoms with Gasteiger partial charge in [0, 0.05) is 17.0 Å². The number of carbonyl (C=O) groups is 3. The van der Waals surface area contributed by atoms with Gasteiger partial charge in [-0.3, -0.25) is 14.4 Å². The molecule has 120 valence electrons. The number of rotatable bonds is 5. The summed E-state index contributed by atoms with van der Waals surface area (Å²) in [6.45, 7) is -0.0640. The lowest BCUT2D eigenvalue weighted by molar-refractivity contribution is -0.140. The number of carboxylic acid groups (broad SMARTS) is 2. The Morgan fingerprint density at radius 2 is 1.87 bits per heavy atom. The second-order valence-electron chi connectivity index (χ2n) is 4.69. The fourth-order valence-corrected chi connectivity index (χ4v) is 2.30. The lowest BCUT2D eigenvalue weighted by Crippen LogP contribution is -2.25. The van der Waals surface area contributed by atoms with Gasteiger partial charge in [0.1, 0.15) is 12.0 Å². The minimum atomic E-state index is -1.37. The summed E-state index contributed by atoms with van der Waals surface area (Å²) in [5.74, 6) is -3.34. The predicted molar refractivity (Wildman–Crippen MR) is 80.6 cm³/mol. The molecule has 1 heterocycles. The number of hydrogen-bond donors (Lipinski definition) is 4. The van der Waals surface area contributed by atoms with Crippen molar-refractivity contribution in [2.45, 2.75) is 13.0 Å². The van der Waals surface area contributed by atoms with E-state index >= 15 is 0 Å². The zero-order valence-electron chi connectivity index (χ0n) is 11.6. The molecule has 2 rings (SSSR count). The van der Waals surface area contributed by atoms with E-state index in [1.54, 1.807) is 0 Å². The molecule has 0 saturated heterocycles. The van der Waals surface area contributed by atoms with Crippen molar-refractivity contribution in [2.75, 3.05) is 0 Å². The summed E-state index contributed by atoms with van der Waals surface area (Å²) >= 11 is 5.95. The maximum absolute atomic E-state index is 11.8. The van der Waals surface area contributed by atoms with Crippen LogP contribution in [0.25, 0.3) is 10.9 Å². The summed E-state index contributed by atoms with van der Waals surface area (Å²) in [5.41, 5.74) is -0.466. The first-order chi connectivity index (χ1) is 10.8. The lowest BCUT2D eigenvalue weighted by atomic mass is 10.1. The van der Waals surface area contributed by atoms with Gasteiger partial charge in [0.15, 0.2) is 0 Å². The third-order valence-corrected chi connectivity index (χ3v) is 3.23. The van der Waals surface area contributed by atoms with Crippen LogP contribution in [0.2, 0.25) is 5.02 Å². The molecule has 8 nitrogen and oxygen atoms in total. The lowest BCUT2D eigenvalue weighted by Gasteiger charge is -2.09. The highest BCUT2D eigenvalue weighted by molar-refractivity contribution is 6.31. The zero-order chi connectivity index (χ0) is 17.1. The number of pyridine rings is 1. The molecule has 23 heavy (non-hydrogen) atoms. The van der Waals surface area contributed by atoms with E-state index in [0.29, 0.717) is 16.5 Å². The number of halogens is 1. The first-order valence-electron chi connectivity index (χ1n) is 6.35. The maximum Gasteiger partial charge on any atom is 0.341 e. The molecule has 4 N–H and O–H groups in total. The van der Waals surface area contributed by atoms with Gasteiger partial charge in [0.2, 0.25) is 5.91 Å². The van der Waals surface area contributed by atoms with Crippen LogP contribution in [0.3, 0.4) is 0 Å². The number of fused-ring (bicyclic) bond motifs is 1. The highest BCUT2D eigenvalue weighted by atomic mass is 35.5. The van der Waals surface area contributed by atoms with Gasteiger partial charge in [-0.2, -0.15) is 0 Å². The normalized spacial score (nSPS) is 10.5. The molecule has 9 heteroatoms. The number of benzene rings is 1. The van der Waals surface area contributed by atoms with Crippen molar-refractivity contribution < 1.29 is 24.6 Å². The van der Waals surface area contributed by atoms with E-state index in [2.05, 4.69) is 10.3 Å². The molecular formula is C14H11ClN2O6. The Bertz CT molecular complexity index is 873. The highest BCUT2D eigenvalue weighted by Crippen LogP contribution is 2.22. The van der Waals surface area contributed by atoms with Gasteiger partial charge in [-0.05, 0) is 23.8 Å². The average Bonchev–Trinajstić information content (AvgIpc) is 2.43. The third kappa shape index (κ3) is 3.86. The van der Waals surface area contributed by atoms with Crippen LogP contribution in [0.15, 0.2) is 23.0 Å². The number of aromatic amines is 1. The number of H-pyrrole nitrogens is 1. The number of carboxylic acids is 2. The minimum absolute atomic E-state index is 0.0640. The molecule has 1 aromatic heterocycles. The molecule has 0 spiro atoms. The second-order valence-corrected chi connectivity index (χ2v) is 5.13. The average molecular weight is 339 g/mol. The SMILES string of the molecule is O=C(O)CC(=O)NCc1cc(Cl)cc2cc(C(=O)O)c(=O)[nH]c12. The number of nitrogens with one attached hydrogen (secondary N) is 2. The largest absolute Gasteiger partial charge is 0.481 e. The van der Waals surface area contributed by atoms with E-state index in [-0.39, 0.29) is 11.6 Å². The minimum Gasteiger partial charge on any atom is -0.481 e. The van der Waals surface area contributed by atoms with Crippen molar-refractivity contribution in [1.82, 2.24) is 10.3 Å². The molecule has 0 unspecified atom stereocenters. The Hall–Kier alpha value is -2.87. The van der Waals surface area contributed by atoms with Gasteiger partial charge in [-0.15, -0.1) is 0 Å². The Morgan fingerprint density at radius 1 is 1.17 bits per heavy atom. The van der Waals surface area contributed by atoms with Crippen LogP contribution < -0.4 is 10.9 Å². The number of hydrogen-bond acceptors (Lipinski definition) is 4. The van der Waals surface area contributed by atoms with Crippen LogP contribution in [-0.4, -0.2) is 33.0 Å². The van der Waals surface area contributed by atoms with Crippen LogP contribution in [-0.2, 0) is 16.1 Å². The molecule has 0 aliphatic carbocycles. The quantitative estimate of drug-likeness (QED) is 0.599. The summed E-state index contributed by atoms with van der Waals surface area (Å²) in [6, 6.07) is 4.15. The van der Waals surface area contributed by atoms with Crippen molar-refractivity contribution in [3.8, 4) is 0 Å². The maximum atomic E-state index is 11.8. The van der Waals surface area contributed by atoms with Gasteiger partial charge in [0.25, 0.3) is 5.56 Å². The molecule has 1 amide bonds. The van der Waals surface area contributed by atoms with Crippen molar-refractivity contribution in [3.63, 3.8) is 0 Å². The summed E-state index contributed by atoms with van der Waals surface area (Å²) in [6.07, 6.45) is -0.682. The summed E-state index contributed by atoms with van der Waals surface area (Å²) < 4.78 is 0. The molecule has 0 fully saturated rings. The molecule has 0 aliphatic rings. The molecule has 0 bridgehead atoms.